The number of thiol groups is 1. The van der Waals surface area contributed by atoms with Gasteiger partial charge in [0.05, 0.1) is 0 Å². The van der Waals surface area contributed by atoms with Crippen LogP contribution in [0.2, 0.25) is 0 Å². The third-order valence-electron chi connectivity index (χ3n) is 6.06. The van der Waals surface area contributed by atoms with E-state index in [1.807, 2.05) is 38.1 Å². The van der Waals surface area contributed by atoms with Crippen molar-refractivity contribution in [2.24, 2.45) is 0 Å². The van der Waals surface area contributed by atoms with E-state index in [2.05, 4.69) is 50.1 Å². The first-order chi connectivity index (χ1) is 16.4. The van der Waals surface area contributed by atoms with E-state index >= 15 is 0 Å². The Morgan fingerprint density at radius 2 is 1.74 bits per heavy atom. The topological polar surface area (TPSA) is 62.3 Å². The fourth-order valence-corrected chi connectivity index (χ4v) is 4.32. The van der Waals surface area contributed by atoms with Crippen LogP contribution in [0.1, 0.15) is 64.0 Å². The molecule has 0 radical (unpaired) electrons. The molecule has 35 heavy (non-hydrogen) atoms. The molecule has 0 spiro atoms. The molecule has 1 heterocycles. The van der Waals surface area contributed by atoms with Crippen LogP contribution in [0.3, 0.4) is 0 Å². The highest BCUT2D eigenvalue weighted by Gasteiger charge is 2.24. The van der Waals surface area contributed by atoms with Crippen molar-refractivity contribution in [3.8, 4) is 11.5 Å². The summed E-state index contributed by atoms with van der Waals surface area (Å²) < 4.78 is 11.6. The Hall–Kier alpha value is -1.77. The predicted molar refractivity (Wildman–Crippen MR) is 145 cm³/mol. The Morgan fingerprint density at radius 3 is 2.31 bits per heavy atom. The van der Waals surface area contributed by atoms with Gasteiger partial charge in [-0.15, -0.1) is 0 Å². The number of carbonyl (C=O) groups excluding carboxylic acids is 2. The molecule has 1 aromatic carbocycles. The first kappa shape index (κ1) is 29.5. The van der Waals surface area contributed by atoms with E-state index in [9.17, 15) is 9.59 Å². The summed E-state index contributed by atoms with van der Waals surface area (Å²) in [4.78, 5) is 31.4. The summed E-state index contributed by atoms with van der Waals surface area (Å²) in [6.45, 7) is 15.8. The highest BCUT2D eigenvalue weighted by molar-refractivity contribution is 7.81. The second-order valence-corrected chi connectivity index (χ2v) is 12.0. The molecule has 1 aliphatic rings. The van der Waals surface area contributed by atoms with E-state index in [1.54, 1.807) is 0 Å². The van der Waals surface area contributed by atoms with Crippen LogP contribution < -0.4 is 9.47 Å². The molecule has 8 heteroatoms. The minimum absolute atomic E-state index is 0.0414. The molecule has 1 amide bonds. The number of hydrogen-bond acceptors (Lipinski definition) is 7. The number of nitrogens with zero attached hydrogens (tertiary/aromatic N) is 3. The van der Waals surface area contributed by atoms with Crippen LogP contribution in [0.5, 0.6) is 11.5 Å². The molecule has 198 valence electrons. The van der Waals surface area contributed by atoms with E-state index < -0.39 is 0 Å². The number of ether oxygens (including phenoxy) is 2. The van der Waals surface area contributed by atoms with Crippen molar-refractivity contribution >= 4 is 24.5 Å². The zero-order chi connectivity index (χ0) is 26.2. The fraction of sp³-hybridized carbons (Fsp3) is 0.704. The Balaban J connectivity index is 1.82. The first-order valence-corrected chi connectivity index (χ1v) is 13.2. The highest BCUT2D eigenvalue weighted by atomic mass is 32.1. The van der Waals surface area contributed by atoms with Gasteiger partial charge in [-0.2, -0.15) is 12.6 Å². The number of rotatable bonds is 12. The van der Waals surface area contributed by atoms with Crippen LogP contribution in [0.25, 0.3) is 0 Å². The third kappa shape index (κ3) is 10.4. The van der Waals surface area contributed by atoms with Crippen LogP contribution in [0, 0.1) is 6.92 Å². The van der Waals surface area contributed by atoms with Crippen molar-refractivity contribution in [2.45, 2.75) is 64.5 Å². The van der Waals surface area contributed by atoms with Gasteiger partial charge >= 0.3 is 5.97 Å². The monoisotopic (exact) mass is 507 g/mol. The molecule has 1 aliphatic heterocycles. The minimum atomic E-state index is -0.308. The minimum Gasteiger partial charge on any atom is -0.492 e. The van der Waals surface area contributed by atoms with Gasteiger partial charge in [-0.1, -0.05) is 13.8 Å². The zero-order valence-corrected chi connectivity index (χ0v) is 23.6. The Bertz CT molecular complexity index is 844. The maximum absolute atomic E-state index is 12.6. The van der Waals surface area contributed by atoms with Gasteiger partial charge in [0.1, 0.15) is 18.1 Å². The molecular formula is C27H45N3O4S. The van der Waals surface area contributed by atoms with E-state index in [1.165, 1.54) is 0 Å². The standard InChI is InChI=1S/C27H45N3O4S/c1-20(2)22-18-23(21(3)17-24(22)33-16-15-28(6)7)34-26(32)10-8-9-25(31)30-13-11-29(12-14-30)19-27(4,5)35/h17-18,20,35H,8-16,19H2,1-7H3. The van der Waals surface area contributed by atoms with E-state index in [0.717, 1.165) is 56.1 Å². The smallest absolute Gasteiger partial charge is 0.311 e. The molecule has 0 saturated carbocycles. The van der Waals surface area contributed by atoms with Crippen molar-refractivity contribution < 1.29 is 19.1 Å². The van der Waals surface area contributed by atoms with Crippen molar-refractivity contribution in [2.75, 3.05) is 60.0 Å². The maximum Gasteiger partial charge on any atom is 0.311 e. The molecule has 0 unspecified atom stereocenters. The highest BCUT2D eigenvalue weighted by Crippen LogP contribution is 2.33. The zero-order valence-electron chi connectivity index (χ0n) is 22.7. The second-order valence-electron chi connectivity index (χ2n) is 10.8. The lowest BCUT2D eigenvalue weighted by molar-refractivity contribution is -0.135. The van der Waals surface area contributed by atoms with Gasteiger partial charge in [0.15, 0.2) is 0 Å². The Kier molecular flexibility index (Phi) is 11.4. The largest absolute Gasteiger partial charge is 0.492 e. The van der Waals surface area contributed by atoms with Crippen molar-refractivity contribution in [3.63, 3.8) is 0 Å². The van der Waals surface area contributed by atoms with E-state index in [0.29, 0.717) is 25.2 Å². The SMILES string of the molecule is Cc1cc(OCCN(C)C)c(C(C)C)cc1OC(=O)CCCC(=O)N1CCN(CC(C)(C)S)CC1. The molecule has 0 aliphatic carbocycles. The molecule has 0 aromatic heterocycles. The average Bonchev–Trinajstić information content (AvgIpc) is 2.74. The summed E-state index contributed by atoms with van der Waals surface area (Å²) in [5, 5.41) is 0. The number of aryl methyl sites for hydroxylation is 1. The quantitative estimate of drug-likeness (QED) is 0.262. The van der Waals surface area contributed by atoms with Crippen molar-refractivity contribution in [1.29, 1.82) is 0 Å². The normalized spacial score (nSPS) is 15.1. The molecule has 0 bridgehead atoms. The van der Waals surface area contributed by atoms with Crippen LogP contribution in [-0.2, 0) is 9.59 Å². The molecule has 0 N–H and O–H groups in total. The number of esters is 1. The summed E-state index contributed by atoms with van der Waals surface area (Å²) >= 11 is 4.60. The molecule has 0 atom stereocenters. The summed E-state index contributed by atoms with van der Waals surface area (Å²) in [5.74, 6) is 1.44. The second kappa shape index (κ2) is 13.5. The number of amides is 1. The molecule has 1 aromatic rings. The number of likely N-dealkylation sites (N-methyl/N-ethyl adjacent to an activating group) is 1. The Labute approximate surface area is 217 Å². The number of piperazine rings is 1. The first-order valence-electron chi connectivity index (χ1n) is 12.7. The van der Waals surface area contributed by atoms with Gasteiger partial charge in [-0.25, -0.2) is 0 Å². The molecule has 7 nitrogen and oxygen atoms in total. The van der Waals surface area contributed by atoms with Gasteiger partial charge in [0, 0.05) is 62.4 Å². The molecular weight excluding hydrogens is 462 g/mol. The van der Waals surface area contributed by atoms with Gasteiger partial charge in [0.25, 0.3) is 0 Å². The summed E-state index contributed by atoms with van der Waals surface area (Å²) in [6, 6.07) is 3.87. The lowest BCUT2D eigenvalue weighted by atomic mass is 9.99. The molecule has 1 fully saturated rings. The van der Waals surface area contributed by atoms with Crippen LogP contribution in [0.4, 0.5) is 0 Å². The van der Waals surface area contributed by atoms with Gasteiger partial charge in [-0.3, -0.25) is 14.5 Å². The van der Waals surface area contributed by atoms with Gasteiger partial charge < -0.3 is 19.3 Å². The van der Waals surface area contributed by atoms with E-state index in [-0.39, 0.29) is 29.0 Å². The van der Waals surface area contributed by atoms with Crippen LogP contribution in [-0.4, -0.2) is 91.3 Å². The van der Waals surface area contributed by atoms with Crippen LogP contribution in [0.15, 0.2) is 12.1 Å². The van der Waals surface area contributed by atoms with Gasteiger partial charge in [0.2, 0.25) is 5.91 Å². The molecule has 2 rings (SSSR count). The van der Waals surface area contributed by atoms with E-state index in [4.69, 9.17) is 9.47 Å². The number of hydrogen-bond donors (Lipinski definition) is 1. The average molecular weight is 508 g/mol. The van der Waals surface area contributed by atoms with Crippen molar-refractivity contribution in [3.05, 3.63) is 23.3 Å². The van der Waals surface area contributed by atoms with Crippen molar-refractivity contribution in [1.82, 2.24) is 14.7 Å². The lowest BCUT2D eigenvalue weighted by Gasteiger charge is -2.37. The van der Waals surface area contributed by atoms with Gasteiger partial charge in [-0.05, 0) is 64.9 Å². The third-order valence-corrected chi connectivity index (χ3v) is 6.20. The predicted octanol–water partition coefficient (Wildman–Crippen LogP) is 3.99. The maximum atomic E-state index is 12.6. The fourth-order valence-electron chi connectivity index (χ4n) is 4.12. The number of carbonyl (C=O) groups is 2. The number of benzene rings is 1. The summed E-state index contributed by atoms with van der Waals surface area (Å²) in [7, 11) is 4.03. The summed E-state index contributed by atoms with van der Waals surface area (Å²) in [6.07, 6.45) is 1.07. The lowest BCUT2D eigenvalue weighted by Crippen LogP contribution is -2.51. The Morgan fingerprint density at radius 1 is 1.09 bits per heavy atom. The molecule has 1 saturated heterocycles. The van der Waals surface area contributed by atoms with Crippen LogP contribution >= 0.6 is 12.6 Å². The summed E-state index contributed by atoms with van der Waals surface area (Å²) in [5.41, 5.74) is 1.88.